The van der Waals surface area contributed by atoms with Gasteiger partial charge in [0.15, 0.2) is 0 Å². The van der Waals surface area contributed by atoms with Crippen molar-refractivity contribution in [1.82, 2.24) is 20.1 Å². The summed E-state index contributed by atoms with van der Waals surface area (Å²) < 4.78 is 1.66. The van der Waals surface area contributed by atoms with Crippen molar-refractivity contribution in [2.45, 2.75) is 32.9 Å². The Morgan fingerprint density at radius 2 is 2.37 bits per heavy atom. The van der Waals surface area contributed by atoms with Crippen molar-refractivity contribution in [2.24, 2.45) is 5.92 Å². The molecule has 2 heterocycles. The molecule has 1 amide bonds. The number of carbonyl (C=O) groups excluding carboxylic acids is 1. The maximum absolute atomic E-state index is 12.0. The van der Waals surface area contributed by atoms with Crippen LogP contribution in [0, 0.1) is 5.92 Å². The van der Waals surface area contributed by atoms with Crippen molar-refractivity contribution in [3.63, 3.8) is 0 Å². The van der Waals surface area contributed by atoms with Crippen LogP contribution < -0.4 is 5.32 Å². The second-order valence-corrected chi connectivity index (χ2v) is 5.69. The van der Waals surface area contributed by atoms with E-state index in [0.29, 0.717) is 18.9 Å². The van der Waals surface area contributed by atoms with E-state index in [1.807, 2.05) is 11.4 Å². The minimum absolute atomic E-state index is 0.0441. The molecule has 102 valence electrons. The fourth-order valence-electron chi connectivity index (χ4n) is 1.84. The van der Waals surface area contributed by atoms with E-state index in [-0.39, 0.29) is 11.9 Å². The SMILES string of the molecule is CC(C)[C@@H](NC(=O)CCn1cncn1)c1cccs1. The molecular formula is C13H18N4OS. The van der Waals surface area contributed by atoms with Crippen LogP contribution in [-0.2, 0) is 11.3 Å². The predicted octanol–water partition coefficient (Wildman–Crippen LogP) is 2.24. The average Bonchev–Trinajstić information content (AvgIpc) is 3.05. The van der Waals surface area contributed by atoms with E-state index in [1.165, 1.54) is 11.2 Å². The van der Waals surface area contributed by atoms with Crippen LogP contribution in [0.2, 0.25) is 0 Å². The van der Waals surface area contributed by atoms with Gasteiger partial charge in [-0.1, -0.05) is 19.9 Å². The molecule has 1 atom stereocenters. The number of nitrogens with zero attached hydrogens (tertiary/aromatic N) is 3. The van der Waals surface area contributed by atoms with Gasteiger partial charge in [-0.15, -0.1) is 11.3 Å². The van der Waals surface area contributed by atoms with E-state index >= 15 is 0 Å². The van der Waals surface area contributed by atoms with Crippen LogP contribution >= 0.6 is 11.3 Å². The molecule has 0 aliphatic rings. The lowest BCUT2D eigenvalue weighted by Crippen LogP contribution is -2.31. The Balaban J connectivity index is 1.89. The highest BCUT2D eigenvalue weighted by atomic mass is 32.1. The van der Waals surface area contributed by atoms with Crippen LogP contribution in [0.3, 0.4) is 0 Å². The van der Waals surface area contributed by atoms with Gasteiger partial charge in [0.05, 0.1) is 12.6 Å². The first-order valence-corrected chi connectivity index (χ1v) is 7.20. The van der Waals surface area contributed by atoms with Crippen molar-refractivity contribution in [2.75, 3.05) is 0 Å². The van der Waals surface area contributed by atoms with E-state index in [2.05, 4.69) is 35.3 Å². The summed E-state index contributed by atoms with van der Waals surface area (Å²) in [7, 11) is 0. The van der Waals surface area contributed by atoms with Crippen LogP contribution in [0.5, 0.6) is 0 Å². The van der Waals surface area contributed by atoms with Crippen molar-refractivity contribution in [3.05, 3.63) is 35.0 Å². The lowest BCUT2D eigenvalue weighted by atomic mass is 10.0. The number of thiophene rings is 1. The van der Waals surface area contributed by atoms with Crippen LogP contribution in [-0.4, -0.2) is 20.7 Å². The highest BCUT2D eigenvalue weighted by Gasteiger charge is 2.18. The molecule has 0 unspecified atom stereocenters. The van der Waals surface area contributed by atoms with E-state index in [9.17, 15) is 4.79 Å². The van der Waals surface area contributed by atoms with Gasteiger partial charge < -0.3 is 5.32 Å². The molecule has 0 aliphatic carbocycles. The van der Waals surface area contributed by atoms with Crippen LogP contribution in [0.4, 0.5) is 0 Å². The molecule has 0 saturated heterocycles. The van der Waals surface area contributed by atoms with Gasteiger partial charge in [0, 0.05) is 11.3 Å². The second-order valence-electron chi connectivity index (χ2n) is 4.71. The molecule has 0 radical (unpaired) electrons. The summed E-state index contributed by atoms with van der Waals surface area (Å²) in [6.45, 7) is 4.78. The molecule has 0 aromatic carbocycles. The molecule has 0 bridgehead atoms. The number of rotatable bonds is 6. The molecule has 2 aromatic rings. The van der Waals surface area contributed by atoms with Gasteiger partial charge in [-0.3, -0.25) is 9.48 Å². The zero-order chi connectivity index (χ0) is 13.7. The number of nitrogens with one attached hydrogen (secondary N) is 1. The minimum atomic E-state index is 0.0441. The Morgan fingerprint density at radius 1 is 1.53 bits per heavy atom. The second kappa shape index (κ2) is 6.47. The van der Waals surface area contributed by atoms with Gasteiger partial charge in [0.1, 0.15) is 12.7 Å². The first-order valence-electron chi connectivity index (χ1n) is 6.32. The van der Waals surface area contributed by atoms with Gasteiger partial charge in [-0.2, -0.15) is 5.10 Å². The molecule has 0 spiro atoms. The maximum atomic E-state index is 12.0. The molecule has 1 N–H and O–H groups in total. The molecule has 5 nitrogen and oxygen atoms in total. The van der Waals surface area contributed by atoms with Gasteiger partial charge in [0.2, 0.25) is 5.91 Å². The Labute approximate surface area is 116 Å². The number of carbonyl (C=O) groups is 1. The predicted molar refractivity (Wildman–Crippen MR) is 74.7 cm³/mol. The molecule has 2 rings (SSSR count). The zero-order valence-electron chi connectivity index (χ0n) is 11.1. The normalized spacial score (nSPS) is 12.6. The molecule has 2 aromatic heterocycles. The summed E-state index contributed by atoms with van der Waals surface area (Å²) in [5.74, 6) is 0.413. The summed E-state index contributed by atoms with van der Waals surface area (Å²) in [5.41, 5.74) is 0. The smallest absolute Gasteiger partial charge is 0.222 e. The van der Waals surface area contributed by atoms with Gasteiger partial charge >= 0.3 is 0 Å². The zero-order valence-corrected chi connectivity index (χ0v) is 11.9. The van der Waals surface area contributed by atoms with Crippen LogP contribution in [0.1, 0.15) is 31.2 Å². The van der Waals surface area contributed by atoms with Crippen molar-refractivity contribution in [3.8, 4) is 0 Å². The van der Waals surface area contributed by atoms with E-state index in [1.54, 1.807) is 22.3 Å². The van der Waals surface area contributed by atoms with Crippen molar-refractivity contribution < 1.29 is 4.79 Å². The largest absolute Gasteiger partial charge is 0.348 e. The number of aryl methyl sites for hydroxylation is 1. The highest BCUT2D eigenvalue weighted by Crippen LogP contribution is 2.25. The summed E-state index contributed by atoms with van der Waals surface area (Å²) in [4.78, 5) is 17.0. The van der Waals surface area contributed by atoms with Crippen molar-refractivity contribution in [1.29, 1.82) is 0 Å². The van der Waals surface area contributed by atoms with Crippen LogP contribution in [0.15, 0.2) is 30.2 Å². The van der Waals surface area contributed by atoms with E-state index < -0.39 is 0 Å². The van der Waals surface area contributed by atoms with E-state index in [4.69, 9.17) is 0 Å². The Hall–Kier alpha value is -1.69. The fourth-order valence-corrected chi connectivity index (χ4v) is 2.79. The topological polar surface area (TPSA) is 59.8 Å². The average molecular weight is 278 g/mol. The van der Waals surface area contributed by atoms with Gasteiger partial charge in [-0.05, 0) is 17.4 Å². The molecule has 0 aliphatic heterocycles. The Bertz CT molecular complexity index is 493. The van der Waals surface area contributed by atoms with Crippen molar-refractivity contribution >= 4 is 17.2 Å². The lowest BCUT2D eigenvalue weighted by Gasteiger charge is -2.21. The number of hydrogen-bond acceptors (Lipinski definition) is 4. The third-order valence-corrected chi connectivity index (χ3v) is 3.82. The van der Waals surface area contributed by atoms with Gasteiger partial charge in [-0.25, -0.2) is 4.98 Å². The van der Waals surface area contributed by atoms with Gasteiger partial charge in [0.25, 0.3) is 0 Å². The summed E-state index contributed by atoms with van der Waals surface area (Å²) in [6, 6.07) is 4.16. The molecular weight excluding hydrogens is 260 g/mol. The quantitative estimate of drug-likeness (QED) is 0.881. The Morgan fingerprint density at radius 3 is 2.95 bits per heavy atom. The molecule has 0 saturated carbocycles. The minimum Gasteiger partial charge on any atom is -0.348 e. The summed E-state index contributed by atoms with van der Waals surface area (Å²) in [5, 5.41) is 9.11. The van der Waals surface area contributed by atoms with Crippen LogP contribution in [0.25, 0.3) is 0 Å². The first-order chi connectivity index (χ1) is 9.16. The molecule has 6 heteroatoms. The summed E-state index contributed by atoms with van der Waals surface area (Å²) >= 11 is 1.67. The third-order valence-electron chi connectivity index (χ3n) is 2.87. The summed E-state index contributed by atoms with van der Waals surface area (Å²) in [6.07, 6.45) is 3.50. The highest BCUT2D eigenvalue weighted by molar-refractivity contribution is 7.10. The number of hydrogen-bond donors (Lipinski definition) is 1. The molecule has 0 fully saturated rings. The monoisotopic (exact) mass is 278 g/mol. The maximum Gasteiger partial charge on any atom is 0.222 e. The third kappa shape index (κ3) is 3.89. The molecule has 19 heavy (non-hydrogen) atoms. The van der Waals surface area contributed by atoms with E-state index in [0.717, 1.165) is 0 Å². The standard InChI is InChI=1S/C13H18N4OS/c1-10(2)13(11-4-3-7-19-11)16-12(18)5-6-17-9-14-8-15-17/h3-4,7-10,13H,5-6H2,1-2H3,(H,16,18)/t13-/m1/s1. The fraction of sp³-hybridized carbons (Fsp3) is 0.462. The number of aromatic nitrogens is 3. The first kappa shape index (κ1) is 13.7. The lowest BCUT2D eigenvalue weighted by molar-refractivity contribution is -0.122. The Kier molecular flexibility index (Phi) is 4.68. The number of amides is 1.